The lowest BCUT2D eigenvalue weighted by Gasteiger charge is -2.10. The molecule has 0 spiro atoms. The fourth-order valence-electron chi connectivity index (χ4n) is 1.33. The summed E-state index contributed by atoms with van der Waals surface area (Å²) < 4.78 is 25.1. The fraction of sp³-hybridized carbons (Fsp3) is 0.333. The molecule has 0 aromatic heterocycles. The van der Waals surface area contributed by atoms with Crippen LogP contribution in [0.4, 0.5) is 11.4 Å². The third-order valence-corrected chi connectivity index (χ3v) is 3.58. The van der Waals surface area contributed by atoms with E-state index in [0.717, 1.165) is 30.5 Å². The van der Waals surface area contributed by atoms with Crippen LogP contribution in [0.1, 0.15) is 19.8 Å². The van der Waals surface area contributed by atoms with Crippen molar-refractivity contribution >= 4 is 33.0 Å². The van der Waals surface area contributed by atoms with Gasteiger partial charge in [0.2, 0.25) is 0 Å². The molecular weight excluding hydrogens is 272 g/mol. The van der Waals surface area contributed by atoms with Gasteiger partial charge in [-0.25, -0.2) is 8.42 Å². The van der Waals surface area contributed by atoms with Crippen molar-refractivity contribution in [2.45, 2.75) is 19.8 Å². The highest BCUT2D eigenvalue weighted by Crippen LogP contribution is 2.26. The Morgan fingerprint density at radius 3 is 2.78 bits per heavy atom. The summed E-state index contributed by atoms with van der Waals surface area (Å²) in [5, 5.41) is 4.59. The van der Waals surface area contributed by atoms with Gasteiger partial charge in [-0.2, -0.15) is 0 Å². The first-order valence-corrected chi connectivity index (χ1v) is 7.59. The minimum Gasteiger partial charge on any atom is -0.384 e. The first kappa shape index (κ1) is 14.9. The van der Waals surface area contributed by atoms with Gasteiger partial charge in [0.15, 0.2) is 0 Å². The van der Waals surface area contributed by atoms with Crippen molar-refractivity contribution in [1.29, 1.82) is 0 Å². The average Bonchev–Trinajstić information content (AvgIpc) is 2.33. The Kier molecular flexibility index (Phi) is 5.50. The molecule has 0 saturated carbocycles. The summed E-state index contributed by atoms with van der Waals surface area (Å²) >= 11 is 6.02. The Labute approximate surface area is 113 Å². The number of benzene rings is 1. The van der Waals surface area contributed by atoms with Crippen LogP contribution in [0.25, 0.3) is 0 Å². The van der Waals surface area contributed by atoms with Gasteiger partial charge in [0.25, 0.3) is 10.0 Å². The summed E-state index contributed by atoms with van der Waals surface area (Å²) in [6.07, 6.45) is 2.10. The molecule has 0 bridgehead atoms. The van der Waals surface area contributed by atoms with Crippen molar-refractivity contribution in [2.24, 2.45) is 0 Å². The summed E-state index contributed by atoms with van der Waals surface area (Å²) in [5.74, 6) is 0. The van der Waals surface area contributed by atoms with Gasteiger partial charge in [-0.15, -0.1) is 0 Å². The molecule has 0 saturated heterocycles. The Balaban J connectivity index is 2.83. The van der Waals surface area contributed by atoms with Crippen LogP contribution >= 0.6 is 11.6 Å². The van der Waals surface area contributed by atoms with E-state index in [4.69, 9.17) is 11.6 Å². The number of halogens is 1. The Bertz CT molecular complexity index is 515. The number of sulfonamides is 1. The van der Waals surface area contributed by atoms with E-state index >= 15 is 0 Å². The molecule has 0 amide bonds. The van der Waals surface area contributed by atoms with Gasteiger partial charge in [-0.3, -0.25) is 4.72 Å². The molecule has 1 aromatic carbocycles. The normalized spacial score (nSPS) is 11.0. The topological polar surface area (TPSA) is 58.2 Å². The maximum absolute atomic E-state index is 11.3. The van der Waals surface area contributed by atoms with E-state index in [-0.39, 0.29) is 0 Å². The predicted molar refractivity (Wildman–Crippen MR) is 77.6 cm³/mol. The SMILES string of the molecule is C=CS(=O)(=O)Nc1ccc(Cl)c(NCCCC)c1. The third kappa shape index (κ3) is 4.58. The molecular formula is C12H17ClN2O2S. The number of anilines is 2. The molecule has 100 valence electrons. The molecule has 1 rings (SSSR count). The van der Waals surface area contributed by atoms with Crippen molar-refractivity contribution in [3.8, 4) is 0 Å². The summed E-state index contributed by atoms with van der Waals surface area (Å²) in [6.45, 7) is 6.13. The zero-order valence-electron chi connectivity index (χ0n) is 10.2. The molecule has 1 aromatic rings. The monoisotopic (exact) mass is 288 g/mol. The highest BCUT2D eigenvalue weighted by atomic mass is 35.5. The second-order valence-electron chi connectivity index (χ2n) is 3.79. The third-order valence-electron chi connectivity index (χ3n) is 2.29. The molecule has 0 aliphatic rings. The van der Waals surface area contributed by atoms with Crippen LogP contribution in [-0.4, -0.2) is 15.0 Å². The molecule has 2 N–H and O–H groups in total. The van der Waals surface area contributed by atoms with Crippen molar-refractivity contribution in [3.63, 3.8) is 0 Å². The minimum atomic E-state index is -3.48. The van der Waals surface area contributed by atoms with Gasteiger partial charge in [-0.05, 0) is 24.6 Å². The van der Waals surface area contributed by atoms with Crippen LogP contribution in [0, 0.1) is 0 Å². The quantitative estimate of drug-likeness (QED) is 0.756. The second kappa shape index (κ2) is 6.66. The zero-order chi connectivity index (χ0) is 13.6. The van der Waals surface area contributed by atoms with Crippen LogP contribution in [0.15, 0.2) is 30.2 Å². The highest BCUT2D eigenvalue weighted by Gasteiger charge is 2.07. The second-order valence-corrected chi connectivity index (χ2v) is 5.82. The van der Waals surface area contributed by atoms with Gasteiger partial charge in [-0.1, -0.05) is 31.5 Å². The number of nitrogens with one attached hydrogen (secondary N) is 2. The summed E-state index contributed by atoms with van der Waals surface area (Å²) in [6, 6.07) is 4.92. The Morgan fingerprint density at radius 2 is 2.17 bits per heavy atom. The number of rotatable bonds is 7. The molecule has 0 aliphatic carbocycles. The lowest BCUT2D eigenvalue weighted by molar-refractivity contribution is 0.609. The van der Waals surface area contributed by atoms with E-state index in [1.165, 1.54) is 0 Å². The van der Waals surface area contributed by atoms with Crippen LogP contribution in [-0.2, 0) is 10.0 Å². The average molecular weight is 289 g/mol. The molecule has 0 heterocycles. The van der Waals surface area contributed by atoms with E-state index in [1.807, 2.05) is 0 Å². The molecule has 0 atom stereocenters. The highest BCUT2D eigenvalue weighted by molar-refractivity contribution is 7.95. The van der Waals surface area contributed by atoms with E-state index in [2.05, 4.69) is 23.5 Å². The van der Waals surface area contributed by atoms with Gasteiger partial charge < -0.3 is 5.32 Å². The molecule has 0 radical (unpaired) electrons. The minimum absolute atomic E-state index is 0.457. The lowest BCUT2D eigenvalue weighted by atomic mass is 10.2. The van der Waals surface area contributed by atoms with Gasteiger partial charge in [0.05, 0.1) is 16.4 Å². The van der Waals surface area contributed by atoms with Crippen LogP contribution < -0.4 is 10.0 Å². The summed E-state index contributed by atoms with van der Waals surface area (Å²) in [4.78, 5) is 0. The van der Waals surface area contributed by atoms with Crippen LogP contribution in [0.3, 0.4) is 0 Å². The van der Waals surface area contributed by atoms with Gasteiger partial charge in [0.1, 0.15) is 0 Å². The molecule has 6 heteroatoms. The standard InChI is InChI=1S/C12H17ClN2O2S/c1-3-5-8-14-12-9-10(6-7-11(12)13)15-18(16,17)4-2/h4,6-7,9,14-15H,2-3,5,8H2,1H3. The lowest BCUT2D eigenvalue weighted by Crippen LogP contribution is -2.09. The van der Waals surface area contributed by atoms with Crippen molar-refractivity contribution in [3.05, 3.63) is 35.2 Å². The fourth-order valence-corrected chi connectivity index (χ4v) is 2.05. The molecule has 0 aliphatic heterocycles. The van der Waals surface area contributed by atoms with Gasteiger partial charge in [0, 0.05) is 12.0 Å². The Hall–Kier alpha value is -1.20. The predicted octanol–water partition coefficient (Wildman–Crippen LogP) is 3.44. The molecule has 18 heavy (non-hydrogen) atoms. The number of hydrogen-bond acceptors (Lipinski definition) is 3. The first-order chi connectivity index (χ1) is 8.48. The van der Waals surface area contributed by atoms with E-state index in [1.54, 1.807) is 18.2 Å². The first-order valence-electron chi connectivity index (χ1n) is 5.67. The Morgan fingerprint density at radius 1 is 1.44 bits per heavy atom. The van der Waals surface area contributed by atoms with Crippen molar-refractivity contribution in [2.75, 3.05) is 16.6 Å². The molecule has 4 nitrogen and oxygen atoms in total. The zero-order valence-corrected chi connectivity index (χ0v) is 11.8. The maximum atomic E-state index is 11.3. The summed E-state index contributed by atoms with van der Waals surface area (Å²) in [5.41, 5.74) is 1.17. The van der Waals surface area contributed by atoms with Crippen LogP contribution in [0.2, 0.25) is 5.02 Å². The summed E-state index contributed by atoms with van der Waals surface area (Å²) in [7, 11) is -3.48. The number of unbranched alkanes of at least 4 members (excludes halogenated alkanes) is 1. The maximum Gasteiger partial charge on any atom is 0.254 e. The van der Waals surface area contributed by atoms with Crippen molar-refractivity contribution < 1.29 is 8.42 Å². The van der Waals surface area contributed by atoms with E-state index in [9.17, 15) is 8.42 Å². The number of hydrogen-bond donors (Lipinski definition) is 2. The van der Waals surface area contributed by atoms with Gasteiger partial charge >= 0.3 is 0 Å². The largest absolute Gasteiger partial charge is 0.384 e. The smallest absolute Gasteiger partial charge is 0.254 e. The molecule has 0 fully saturated rings. The van der Waals surface area contributed by atoms with E-state index in [0.29, 0.717) is 10.7 Å². The molecule has 0 unspecified atom stereocenters. The van der Waals surface area contributed by atoms with Crippen molar-refractivity contribution in [1.82, 2.24) is 0 Å². The van der Waals surface area contributed by atoms with E-state index < -0.39 is 10.0 Å². The van der Waals surface area contributed by atoms with Crippen LogP contribution in [0.5, 0.6) is 0 Å².